The molecule has 2 rings (SSSR count). The highest BCUT2D eigenvalue weighted by atomic mass is 16.6. The number of aryl methyl sites for hydroxylation is 1. The predicted octanol–water partition coefficient (Wildman–Crippen LogP) is 2.18. The number of aromatic carboxylic acids is 1. The molecule has 0 amide bonds. The fraction of sp³-hybridized carbons (Fsp3) is 0.0833. The molecular formula is C12H9N3O5. The second-order valence-corrected chi connectivity index (χ2v) is 3.81. The SMILES string of the molecule is Cc1cc(C(=O)O)nc(Oc2ccccc2[N+](=O)[O-])n1. The summed E-state index contributed by atoms with van der Waals surface area (Å²) >= 11 is 0. The Morgan fingerprint density at radius 2 is 2.05 bits per heavy atom. The van der Waals surface area contributed by atoms with Crippen molar-refractivity contribution >= 4 is 11.7 Å². The number of carboxylic acids is 1. The van der Waals surface area contributed by atoms with Gasteiger partial charge < -0.3 is 9.84 Å². The number of rotatable bonds is 4. The summed E-state index contributed by atoms with van der Waals surface area (Å²) in [5, 5.41) is 19.7. The van der Waals surface area contributed by atoms with E-state index in [2.05, 4.69) is 9.97 Å². The first-order chi connectivity index (χ1) is 9.47. The van der Waals surface area contributed by atoms with Crippen LogP contribution in [0.1, 0.15) is 16.2 Å². The van der Waals surface area contributed by atoms with Crippen molar-refractivity contribution < 1.29 is 19.6 Å². The van der Waals surface area contributed by atoms with Gasteiger partial charge in [-0.2, -0.15) is 4.98 Å². The van der Waals surface area contributed by atoms with Crippen LogP contribution >= 0.6 is 0 Å². The molecule has 8 nitrogen and oxygen atoms in total. The highest BCUT2D eigenvalue weighted by molar-refractivity contribution is 5.85. The zero-order chi connectivity index (χ0) is 14.7. The number of ether oxygens (including phenoxy) is 1. The largest absolute Gasteiger partial charge is 0.477 e. The highest BCUT2D eigenvalue weighted by Gasteiger charge is 2.17. The summed E-state index contributed by atoms with van der Waals surface area (Å²) in [7, 11) is 0. The van der Waals surface area contributed by atoms with Gasteiger partial charge in [-0.1, -0.05) is 12.1 Å². The zero-order valence-corrected chi connectivity index (χ0v) is 10.3. The molecule has 0 spiro atoms. The van der Waals surface area contributed by atoms with Crippen LogP contribution < -0.4 is 4.74 Å². The average molecular weight is 275 g/mol. The van der Waals surface area contributed by atoms with Crippen molar-refractivity contribution in [2.45, 2.75) is 6.92 Å². The van der Waals surface area contributed by atoms with Gasteiger partial charge in [0.05, 0.1) is 4.92 Å². The third kappa shape index (κ3) is 2.86. The Bertz CT molecular complexity index is 687. The van der Waals surface area contributed by atoms with Gasteiger partial charge in [-0.25, -0.2) is 9.78 Å². The lowest BCUT2D eigenvalue weighted by Gasteiger charge is -2.05. The molecule has 0 fully saturated rings. The van der Waals surface area contributed by atoms with Crippen molar-refractivity contribution in [1.29, 1.82) is 0 Å². The van der Waals surface area contributed by atoms with Crippen molar-refractivity contribution in [3.8, 4) is 11.8 Å². The molecule has 1 aromatic carbocycles. The molecule has 8 heteroatoms. The minimum atomic E-state index is -1.23. The topological polar surface area (TPSA) is 115 Å². The molecule has 0 bridgehead atoms. The number of nitro benzene ring substituents is 1. The number of para-hydroxylation sites is 2. The number of carboxylic acid groups (broad SMARTS) is 1. The van der Waals surface area contributed by atoms with Crippen molar-refractivity contribution in [3.63, 3.8) is 0 Å². The Labute approximate surface area is 112 Å². The van der Waals surface area contributed by atoms with Crippen LogP contribution in [0.3, 0.4) is 0 Å². The van der Waals surface area contributed by atoms with Crippen molar-refractivity contribution in [2.75, 3.05) is 0 Å². The molecule has 0 atom stereocenters. The predicted molar refractivity (Wildman–Crippen MR) is 66.9 cm³/mol. The molecule has 0 radical (unpaired) electrons. The number of aromatic nitrogens is 2. The van der Waals surface area contributed by atoms with E-state index < -0.39 is 10.9 Å². The van der Waals surface area contributed by atoms with Gasteiger partial charge in [0.1, 0.15) is 0 Å². The number of hydrogen-bond donors (Lipinski definition) is 1. The van der Waals surface area contributed by atoms with Crippen LogP contribution in [0, 0.1) is 17.0 Å². The minimum absolute atomic E-state index is 0.0561. The summed E-state index contributed by atoms with van der Waals surface area (Å²) in [5.74, 6) is -1.29. The lowest BCUT2D eigenvalue weighted by atomic mass is 10.3. The van der Waals surface area contributed by atoms with E-state index in [0.29, 0.717) is 5.69 Å². The summed E-state index contributed by atoms with van der Waals surface area (Å²) in [6.07, 6.45) is 0. The molecule has 1 heterocycles. The fourth-order valence-corrected chi connectivity index (χ4v) is 1.49. The van der Waals surface area contributed by atoms with Crippen molar-refractivity contribution in [2.24, 2.45) is 0 Å². The normalized spacial score (nSPS) is 10.1. The van der Waals surface area contributed by atoms with E-state index >= 15 is 0 Å². The minimum Gasteiger partial charge on any atom is -0.477 e. The number of hydrogen-bond acceptors (Lipinski definition) is 6. The van der Waals surface area contributed by atoms with Gasteiger partial charge in [0.25, 0.3) is 0 Å². The summed E-state index contributed by atoms with van der Waals surface area (Å²) in [5.41, 5.74) is -0.119. The quantitative estimate of drug-likeness (QED) is 0.671. The van der Waals surface area contributed by atoms with E-state index in [1.54, 1.807) is 13.0 Å². The van der Waals surface area contributed by atoms with Crippen LogP contribution in [0.4, 0.5) is 5.69 Å². The molecule has 0 aliphatic carbocycles. The molecular weight excluding hydrogens is 266 g/mol. The van der Waals surface area contributed by atoms with E-state index in [-0.39, 0.29) is 23.1 Å². The molecule has 20 heavy (non-hydrogen) atoms. The summed E-state index contributed by atoms with van der Waals surface area (Å²) in [6, 6.07) is 6.71. The van der Waals surface area contributed by atoms with Crippen LogP contribution in [-0.4, -0.2) is 26.0 Å². The number of nitro groups is 1. The van der Waals surface area contributed by atoms with Gasteiger partial charge in [0, 0.05) is 11.8 Å². The van der Waals surface area contributed by atoms with E-state index in [9.17, 15) is 14.9 Å². The third-order valence-corrected chi connectivity index (χ3v) is 2.32. The molecule has 0 unspecified atom stereocenters. The lowest BCUT2D eigenvalue weighted by Crippen LogP contribution is -2.05. The maximum atomic E-state index is 10.9. The first-order valence-corrected chi connectivity index (χ1v) is 5.47. The van der Waals surface area contributed by atoms with Gasteiger partial charge in [0.15, 0.2) is 5.69 Å². The Hall–Kier alpha value is -3.03. The molecule has 0 saturated heterocycles. The number of nitrogens with zero attached hydrogens (tertiary/aromatic N) is 3. The smallest absolute Gasteiger partial charge is 0.354 e. The molecule has 0 aliphatic rings. The summed E-state index contributed by atoms with van der Waals surface area (Å²) in [6.45, 7) is 1.57. The monoisotopic (exact) mass is 275 g/mol. The summed E-state index contributed by atoms with van der Waals surface area (Å²) in [4.78, 5) is 28.7. The Kier molecular flexibility index (Phi) is 3.56. The molecule has 2 aromatic rings. The lowest BCUT2D eigenvalue weighted by molar-refractivity contribution is -0.385. The van der Waals surface area contributed by atoms with E-state index in [1.807, 2.05) is 0 Å². The van der Waals surface area contributed by atoms with Gasteiger partial charge in [0.2, 0.25) is 5.75 Å². The van der Waals surface area contributed by atoms with Crippen LogP contribution in [0.15, 0.2) is 30.3 Å². The second kappa shape index (κ2) is 5.31. The maximum absolute atomic E-state index is 10.9. The van der Waals surface area contributed by atoms with Crippen LogP contribution in [0.5, 0.6) is 11.8 Å². The van der Waals surface area contributed by atoms with E-state index in [4.69, 9.17) is 9.84 Å². The van der Waals surface area contributed by atoms with Crippen molar-refractivity contribution in [1.82, 2.24) is 9.97 Å². The van der Waals surface area contributed by atoms with Gasteiger partial charge in [-0.05, 0) is 19.1 Å². The van der Waals surface area contributed by atoms with E-state index in [1.165, 1.54) is 24.3 Å². The number of carbonyl (C=O) groups is 1. The van der Waals surface area contributed by atoms with Gasteiger partial charge >= 0.3 is 17.7 Å². The van der Waals surface area contributed by atoms with Crippen LogP contribution in [0.25, 0.3) is 0 Å². The fourth-order valence-electron chi connectivity index (χ4n) is 1.49. The van der Waals surface area contributed by atoms with Gasteiger partial charge in [-0.3, -0.25) is 10.1 Å². The Morgan fingerprint density at radius 1 is 1.35 bits per heavy atom. The molecule has 0 saturated carbocycles. The van der Waals surface area contributed by atoms with E-state index in [0.717, 1.165) is 0 Å². The first kappa shape index (κ1) is 13.4. The van der Waals surface area contributed by atoms with Crippen LogP contribution in [-0.2, 0) is 0 Å². The molecule has 0 aliphatic heterocycles. The standard InChI is InChI=1S/C12H9N3O5/c1-7-6-8(11(16)17)14-12(13-7)20-10-5-3-2-4-9(10)15(18)19/h2-6H,1H3,(H,16,17). The Morgan fingerprint density at radius 3 is 2.70 bits per heavy atom. The highest BCUT2D eigenvalue weighted by Crippen LogP contribution is 2.29. The maximum Gasteiger partial charge on any atom is 0.354 e. The number of benzene rings is 1. The van der Waals surface area contributed by atoms with Crippen LogP contribution in [0.2, 0.25) is 0 Å². The molecule has 1 aromatic heterocycles. The van der Waals surface area contributed by atoms with Gasteiger partial charge in [-0.15, -0.1) is 0 Å². The first-order valence-electron chi connectivity index (χ1n) is 5.47. The van der Waals surface area contributed by atoms with Crippen molar-refractivity contribution in [3.05, 3.63) is 51.8 Å². The average Bonchev–Trinajstić information content (AvgIpc) is 2.38. The third-order valence-electron chi connectivity index (χ3n) is 2.32. The molecule has 1 N–H and O–H groups in total. The molecule has 102 valence electrons. The second-order valence-electron chi connectivity index (χ2n) is 3.81. The summed E-state index contributed by atoms with van der Waals surface area (Å²) < 4.78 is 5.22. The zero-order valence-electron chi connectivity index (χ0n) is 10.3. The Balaban J connectivity index is 2.40.